The SMILES string of the molecule is Cc1ccc(NC(=O)CN(C)C(=O)[C@H](C)N[C@H](C)c2ccccc2Cl)cc1. The van der Waals surface area contributed by atoms with Crippen LogP contribution in [-0.2, 0) is 9.59 Å². The maximum atomic E-state index is 12.6. The van der Waals surface area contributed by atoms with Gasteiger partial charge >= 0.3 is 0 Å². The molecule has 0 saturated heterocycles. The van der Waals surface area contributed by atoms with Gasteiger partial charge < -0.3 is 10.2 Å². The van der Waals surface area contributed by atoms with E-state index in [0.717, 1.165) is 11.1 Å². The van der Waals surface area contributed by atoms with Crippen molar-refractivity contribution >= 4 is 29.1 Å². The van der Waals surface area contributed by atoms with Crippen LogP contribution in [0.25, 0.3) is 0 Å². The molecule has 27 heavy (non-hydrogen) atoms. The minimum Gasteiger partial charge on any atom is -0.335 e. The first-order valence-corrected chi connectivity index (χ1v) is 9.27. The molecule has 0 saturated carbocycles. The topological polar surface area (TPSA) is 61.4 Å². The summed E-state index contributed by atoms with van der Waals surface area (Å²) in [5.41, 5.74) is 2.76. The molecule has 6 heteroatoms. The zero-order chi connectivity index (χ0) is 20.0. The number of carbonyl (C=O) groups excluding carboxylic acids is 2. The molecular weight excluding hydrogens is 362 g/mol. The average Bonchev–Trinajstić information content (AvgIpc) is 2.63. The van der Waals surface area contributed by atoms with Crippen LogP contribution < -0.4 is 10.6 Å². The van der Waals surface area contributed by atoms with Gasteiger partial charge in [0.1, 0.15) is 0 Å². The quantitative estimate of drug-likeness (QED) is 0.759. The molecule has 0 aliphatic carbocycles. The summed E-state index contributed by atoms with van der Waals surface area (Å²) in [6.45, 7) is 5.70. The highest BCUT2D eigenvalue weighted by molar-refractivity contribution is 6.31. The molecule has 0 radical (unpaired) electrons. The Bertz CT molecular complexity index is 792. The summed E-state index contributed by atoms with van der Waals surface area (Å²) in [5, 5.41) is 6.69. The summed E-state index contributed by atoms with van der Waals surface area (Å²) in [6.07, 6.45) is 0. The van der Waals surface area contributed by atoms with Crippen molar-refractivity contribution in [2.45, 2.75) is 32.9 Å². The fourth-order valence-electron chi connectivity index (χ4n) is 2.82. The van der Waals surface area contributed by atoms with E-state index < -0.39 is 6.04 Å². The van der Waals surface area contributed by atoms with Crippen molar-refractivity contribution in [2.75, 3.05) is 18.9 Å². The van der Waals surface area contributed by atoms with Gasteiger partial charge in [-0.1, -0.05) is 47.5 Å². The molecule has 0 unspecified atom stereocenters. The molecular formula is C21H26ClN3O2. The van der Waals surface area contributed by atoms with Gasteiger partial charge in [0.25, 0.3) is 0 Å². The van der Waals surface area contributed by atoms with Gasteiger partial charge in [-0.25, -0.2) is 0 Å². The normalized spacial score (nSPS) is 12.9. The van der Waals surface area contributed by atoms with E-state index in [9.17, 15) is 9.59 Å². The van der Waals surface area contributed by atoms with Crippen LogP contribution in [0.1, 0.15) is 31.0 Å². The summed E-state index contributed by atoms with van der Waals surface area (Å²) in [6, 6.07) is 14.5. The molecule has 5 nitrogen and oxygen atoms in total. The number of hydrogen-bond acceptors (Lipinski definition) is 3. The Kier molecular flexibility index (Phi) is 7.39. The van der Waals surface area contributed by atoms with E-state index in [1.54, 1.807) is 14.0 Å². The Balaban J connectivity index is 1.88. The summed E-state index contributed by atoms with van der Waals surface area (Å²) in [5.74, 6) is -0.394. The first-order valence-electron chi connectivity index (χ1n) is 8.90. The van der Waals surface area contributed by atoms with Gasteiger partial charge in [0.15, 0.2) is 0 Å². The van der Waals surface area contributed by atoms with Crippen molar-refractivity contribution in [1.29, 1.82) is 0 Å². The fraction of sp³-hybridized carbons (Fsp3) is 0.333. The van der Waals surface area contributed by atoms with Gasteiger partial charge in [-0.2, -0.15) is 0 Å². The molecule has 0 fully saturated rings. The predicted molar refractivity (Wildman–Crippen MR) is 110 cm³/mol. The number of hydrogen-bond donors (Lipinski definition) is 2. The van der Waals surface area contributed by atoms with Gasteiger partial charge in [-0.3, -0.25) is 14.9 Å². The van der Waals surface area contributed by atoms with Crippen molar-refractivity contribution in [3.8, 4) is 0 Å². The number of anilines is 1. The molecule has 144 valence electrons. The monoisotopic (exact) mass is 387 g/mol. The number of benzene rings is 2. The maximum absolute atomic E-state index is 12.6. The second-order valence-electron chi connectivity index (χ2n) is 6.74. The third kappa shape index (κ3) is 6.08. The number of amides is 2. The zero-order valence-electron chi connectivity index (χ0n) is 16.1. The molecule has 2 rings (SSSR count). The van der Waals surface area contributed by atoms with E-state index in [0.29, 0.717) is 10.7 Å². The third-order valence-corrected chi connectivity index (χ3v) is 4.68. The van der Waals surface area contributed by atoms with Crippen molar-refractivity contribution in [1.82, 2.24) is 10.2 Å². The molecule has 0 aromatic heterocycles. The van der Waals surface area contributed by atoms with Crippen molar-refractivity contribution in [3.05, 3.63) is 64.7 Å². The van der Waals surface area contributed by atoms with Crippen molar-refractivity contribution in [3.63, 3.8) is 0 Å². The van der Waals surface area contributed by atoms with Crippen LogP contribution in [0.4, 0.5) is 5.69 Å². The maximum Gasteiger partial charge on any atom is 0.243 e. The highest BCUT2D eigenvalue weighted by Crippen LogP contribution is 2.22. The lowest BCUT2D eigenvalue weighted by atomic mass is 10.1. The second-order valence-corrected chi connectivity index (χ2v) is 7.15. The van der Waals surface area contributed by atoms with Crippen LogP contribution in [0.15, 0.2) is 48.5 Å². The lowest BCUT2D eigenvalue weighted by Crippen LogP contribution is -2.46. The minimum absolute atomic E-state index is 0.0147. The van der Waals surface area contributed by atoms with Crippen LogP contribution in [0.5, 0.6) is 0 Å². The molecule has 0 spiro atoms. The van der Waals surface area contributed by atoms with E-state index in [4.69, 9.17) is 11.6 Å². The molecule has 2 aromatic carbocycles. The van der Waals surface area contributed by atoms with Gasteiger partial charge in [0.2, 0.25) is 11.8 Å². The summed E-state index contributed by atoms with van der Waals surface area (Å²) in [7, 11) is 1.62. The standard InChI is InChI=1S/C21H26ClN3O2/c1-14-9-11-17(12-10-14)24-20(26)13-25(4)21(27)16(3)23-15(2)18-7-5-6-8-19(18)22/h5-12,15-16,23H,13H2,1-4H3,(H,24,26)/t15-,16+/m1/s1. The minimum atomic E-state index is -0.451. The van der Waals surface area contributed by atoms with Crippen LogP contribution >= 0.6 is 11.6 Å². The van der Waals surface area contributed by atoms with E-state index in [1.165, 1.54) is 4.90 Å². The molecule has 2 N–H and O–H groups in total. The molecule has 0 bridgehead atoms. The molecule has 0 aliphatic rings. The van der Waals surface area contributed by atoms with E-state index in [1.807, 2.05) is 62.4 Å². The van der Waals surface area contributed by atoms with Gasteiger partial charge in [0, 0.05) is 23.8 Å². The van der Waals surface area contributed by atoms with Crippen LogP contribution in [-0.4, -0.2) is 36.3 Å². The van der Waals surface area contributed by atoms with Crippen LogP contribution in [0, 0.1) is 6.92 Å². The Hall–Kier alpha value is -2.37. The number of nitrogens with one attached hydrogen (secondary N) is 2. The number of halogens is 1. The summed E-state index contributed by atoms with van der Waals surface area (Å²) in [4.78, 5) is 26.2. The van der Waals surface area contributed by atoms with E-state index >= 15 is 0 Å². The number of carbonyl (C=O) groups is 2. The summed E-state index contributed by atoms with van der Waals surface area (Å²) >= 11 is 6.21. The Morgan fingerprint density at radius 2 is 1.70 bits per heavy atom. The highest BCUT2D eigenvalue weighted by Gasteiger charge is 2.22. The Labute approximate surface area is 165 Å². The Morgan fingerprint density at radius 1 is 1.07 bits per heavy atom. The number of likely N-dealkylation sites (N-methyl/N-ethyl adjacent to an activating group) is 1. The molecule has 2 aromatic rings. The smallest absolute Gasteiger partial charge is 0.243 e. The van der Waals surface area contributed by atoms with Crippen LogP contribution in [0.2, 0.25) is 5.02 Å². The molecule has 0 heterocycles. The third-order valence-electron chi connectivity index (χ3n) is 4.33. The van der Waals surface area contributed by atoms with Crippen molar-refractivity contribution in [2.24, 2.45) is 0 Å². The molecule has 0 aliphatic heterocycles. The number of aryl methyl sites for hydroxylation is 1. The molecule has 2 amide bonds. The van der Waals surface area contributed by atoms with Gasteiger partial charge in [-0.15, -0.1) is 0 Å². The van der Waals surface area contributed by atoms with Gasteiger partial charge in [0.05, 0.1) is 12.6 Å². The van der Waals surface area contributed by atoms with Crippen LogP contribution in [0.3, 0.4) is 0 Å². The summed E-state index contributed by atoms with van der Waals surface area (Å²) < 4.78 is 0. The second kappa shape index (κ2) is 9.53. The fourth-order valence-corrected chi connectivity index (χ4v) is 3.12. The zero-order valence-corrected chi connectivity index (χ0v) is 16.9. The number of nitrogens with zero attached hydrogens (tertiary/aromatic N) is 1. The number of rotatable bonds is 7. The predicted octanol–water partition coefficient (Wildman–Crippen LogP) is 3.78. The Morgan fingerprint density at radius 3 is 2.33 bits per heavy atom. The highest BCUT2D eigenvalue weighted by atomic mass is 35.5. The van der Waals surface area contributed by atoms with Gasteiger partial charge in [-0.05, 0) is 44.5 Å². The van der Waals surface area contributed by atoms with E-state index in [2.05, 4.69) is 10.6 Å². The largest absolute Gasteiger partial charge is 0.335 e. The lowest BCUT2D eigenvalue weighted by Gasteiger charge is -2.25. The first-order chi connectivity index (χ1) is 12.8. The molecule has 2 atom stereocenters. The average molecular weight is 388 g/mol. The van der Waals surface area contributed by atoms with Crippen molar-refractivity contribution < 1.29 is 9.59 Å². The lowest BCUT2D eigenvalue weighted by molar-refractivity contribution is -0.135. The first kappa shape index (κ1) is 20.9. The van der Waals surface area contributed by atoms with E-state index in [-0.39, 0.29) is 24.4 Å².